The van der Waals surface area contributed by atoms with Gasteiger partial charge in [-0.1, -0.05) is 25.1 Å². The van der Waals surface area contributed by atoms with E-state index in [0.717, 1.165) is 29.2 Å². The molecule has 8 heteroatoms. The van der Waals surface area contributed by atoms with Gasteiger partial charge in [0.1, 0.15) is 5.75 Å². The highest BCUT2D eigenvalue weighted by Crippen LogP contribution is 2.34. The van der Waals surface area contributed by atoms with Gasteiger partial charge in [0, 0.05) is 13.1 Å². The first-order valence-corrected chi connectivity index (χ1v) is 10.0. The Kier molecular flexibility index (Phi) is 5.71. The molecule has 2 aliphatic heterocycles. The second-order valence-corrected chi connectivity index (χ2v) is 7.21. The van der Waals surface area contributed by atoms with Crippen LogP contribution in [0, 0.1) is 0 Å². The fraction of sp³-hybridized carbons (Fsp3) is 0.333. The van der Waals surface area contributed by atoms with Gasteiger partial charge in [0.2, 0.25) is 6.79 Å². The molecule has 2 aromatic carbocycles. The van der Waals surface area contributed by atoms with Gasteiger partial charge in [-0.15, -0.1) is 0 Å². The summed E-state index contributed by atoms with van der Waals surface area (Å²) in [4.78, 5) is 14.4. The molecule has 1 atom stereocenters. The van der Waals surface area contributed by atoms with Gasteiger partial charge in [-0.3, -0.25) is 4.79 Å². The van der Waals surface area contributed by atoms with Crippen molar-refractivity contribution < 1.29 is 19.0 Å². The third-order valence-corrected chi connectivity index (χ3v) is 5.11. The van der Waals surface area contributed by atoms with E-state index in [0.29, 0.717) is 30.5 Å². The average Bonchev–Trinajstić information content (AvgIpc) is 3.22. The predicted molar refractivity (Wildman–Crippen MR) is 114 cm³/mol. The molecule has 2 aromatic rings. The number of hydrogen-bond donors (Lipinski definition) is 2. The topological polar surface area (TPSA) is 72.1 Å². The zero-order valence-electron chi connectivity index (χ0n) is 16.1. The van der Waals surface area contributed by atoms with Gasteiger partial charge < -0.3 is 29.7 Å². The summed E-state index contributed by atoms with van der Waals surface area (Å²) in [5, 5.41) is 6.71. The Morgan fingerprint density at radius 1 is 1.14 bits per heavy atom. The number of carbonyl (C=O) groups is 1. The number of carbonyl (C=O) groups excluding carboxylic acids is 1. The maximum Gasteiger partial charge on any atom is 0.262 e. The van der Waals surface area contributed by atoms with Crippen LogP contribution in [0.15, 0.2) is 42.5 Å². The van der Waals surface area contributed by atoms with Crippen LogP contribution in [-0.4, -0.2) is 37.0 Å². The van der Waals surface area contributed by atoms with Crippen molar-refractivity contribution in [1.82, 2.24) is 10.6 Å². The van der Waals surface area contributed by atoms with Crippen molar-refractivity contribution in [1.29, 1.82) is 0 Å². The molecule has 0 unspecified atom stereocenters. The summed E-state index contributed by atoms with van der Waals surface area (Å²) in [6.07, 6.45) is 0.246. The molecule has 0 aliphatic carbocycles. The number of rotatable bonds is 5. The molecule has 1 amide bonds. The number of nitrogens with zero attached hydrogens (tertiary/aromatic N) is 1. The number of thiocarbonyl (C=S) groups is 1. The summed E-state index contributed by atoms with van der Waals surface area (Å²) in [6, 6.07) is 13.4. The number of para-hydroxylation sites is 2. The minimum absolute atomic E-state index is 0.134. The Morgan fingerprint density at radius 2 is 1.97 bits per heavy atom. The van der Waals surface area contributed by atoms with Crippen LogP contribution in [0.1, 0.15) is 18.9 Å². The van der Waals surface area contributed by atoms with Gasteiger partial charge in [-0.2, -0.15) is 0 Å². The van der Waals surface area contributed by atoms with Crippen molar-refractivity contribution in [2.45, 2.75) is 26.0 Å². The second kappa shape index (κ2) is 8.57. The number of nitrogens with one attached hydrogen (secondary N) is 2. The quantitative estimate of drug-likeness (QED) is 0.730. The molecule has 0 spiro atoms. The summed E-state index contributed by atoms with van der Waals surface area (Å²) in [5.41, 5.74) is 1.87. The molecule has 0 radical (unpaired) electrons. The van der Waals surface area contributed by atoms with Gasteiger partial charge in [0.25, 0.3) is 5.91 Å². The lowest BCUT2D eigenvalue weighted by Gasteiger charge is -2.35. The number of anilines is 1. The molecule has 2 heterocycles. The summed E-state index contributed by atoms with van der Waals surface area (Å²) in [6.45, 7) is 3.75. The van der Waals surface area contributed by atoms with Gasteiger partial charge in [-0.25, -0.2) is 0 Å². The molecule has 7 nitrogen and oxygen atoms in total. The number of benzene rings is 2. The van der Waals surface area contributed by atoms with Crippen LogP contribution in [0.4, 0.5) is 5.69 Å². The Balaban J connectivity index is 1.46. The molecule has 4 rings (SSSR count). The molecule has 2 N–H and O–H groups in total. The standard InChI is InChI=1S/C21H23N3O4S/c1-2-9-22-20(25)19-12-24(15-5-3-4-6-16(15)28-19)21(29)23-11-14-7-8-17-18(10-14)27-13-26-17/h3-8,10,19H,2,9,11-13H2,1H3,(H,22,25)(H,23,29)/t19-/m0/s1. The van der Waals surface area contributed by atoms with Crippen LogP contribution >= 0.6 is 12.2 Å². The first-order chi connectivity index (χ1) is 14.2. The highest BCUT2D eigenvalue weighted by atomic mass is 32.1. The largest absolute Gasteiger partial charge is 0.477 e. The predicted octanol–water partition coefficient (Wildman–Crippen LogP) is 2.58. The fourth-order valence-electron chi connectivity index (χ4n) is 3.25. The van der Waals surface area contributed by atoms with Gasteiger partial charge in [-0.05, 0) is 48.5 Å². The van der Waals surface area contributed by atoms with Crippen LogP contribution in [0.2, 0.25) is 0 Å². The second-order valence-electron chi connectivity index (χ2n) is 6.82. The average molecular weight is 413 g/mol. The van der Waals surface area contributed by atoms with Crippen LogP contribution in [0.25, 0.3) is 0 Å². The van der Waals surface area contributed by atoms with E-state index in [2.05, 4.69) is 10.6 Å². The molecule has 152 valence electrons. The third kappa shape index (κ3) is 4.22. The minimum Gasteiger partial charge on any atom is -0.477 e. The van der Waals surface area contributed by atoms with Crippen molar-refractivity contribution >= 4 is 28.9 Å². The van der Waals surface area contributed by atoms with Crippen molar-refractivity contribution in [3.05, 3.63) is 48.0 Å². The SMILES string of the molecule is CCCNC(=O)[C@@H]1CN(C(=S)NCc2ccc3c(c2)OCO3)c2ccccc2O1. The maximum atomic E-state index is 12.5. The molecule has 0 aromatic heterocycles. The van der Waals surface area contributed by atoms with Crippen LogP contribution < -0.4 is 29.7 Å². The highest BCUT2D eigenvalue weighted by molar-refractivity contribution is 7.80. The summed E-state index contributed by atoms with van der Waals surface area (Å²) < 4.78 is 16.7. The van der Waals surface area contributed by atoms with E-state index in [1.54, 1.807) is 0 Å². The van der Waals surface area contributed by atoms with E-state index in [-0.39, 0.29) is 12.7 Å². The smallest absolute Gasteiger partial charge is 0.262 e. The Labute approximate surface area is 174 Å². The summed E-state index contributed by atoms with van der Waals surface area (Å²) >= 11 is 5.65. The zero-order valence-corrected chi connectivity index (χ0v) is 17.0. The lowest BCUT2D eigenvalue weighted by Crippen LogP contribution is -2.53. The molecule has 0 fully saturated rings. The van der Waals surface area contributed by atoms with Crippen molar-refractivity contribution in [3.63, 3.8) is 0 Å². The molecule has 0 bridgehead atoms. The van der Waals surface area contributed by atoms with Gasteiger partial charge in [0.05, 0.1) is 12.2 Å². The Hall–Kier alpha value is -3.00. The molecule has 29 heavy (non-hydrogen) atoms. The fourth-order valence-corrected chi connectivity index (χ4v) is 3.49. The van der Waals surface area contributed by atoms with E-state index in [1.807, 2.05) is 54.3 Å². The van der Waals surface area contributed by atoms with Crippen LogP contribution in [0.5, 0.6) is 17.2 Å². The van der Waals surface area contributed by atoms with E-state index >= 15 is 0 Å². The summed E-state index contributed by atoms with van der Waals surface area (Å²) in [5.74, 6) is 1.99. The monoisotopic (exact) mass is 413 g/mol. The minimum atomic E-state index is -0.623. The number of hydrogen-bond acceptors (Lipinski definition) is 5. The van der Waals surface area contributed by atoms with E-state index in [4.69, 9.17) is 26.4 Å². The lowest BCUT2D eigenvalue weighted by atomic mass is 10.2. The maximum absolute atomic E-state index is 12.5. The molecule has 2 aliphatic rings. The normalized spacial score (nSPS) is 16.6. The van der Waals surface area contributed by atoms with Crippen LogP contribution in [-0.2, 0) is 11.3 Å². The number of ether oxygens (including phenoxy) is 3. The zero-order chi connectivity index (χ0) is 20.2. The molecular weight excluding hydrogens is 390 g/mol. The molecular formula is C21H23N3O4S. The number of fused-ring (bicyclic) bond motifs is 2. The van der Waals surface area contributed by atoms with Crippen molar-refractivity contribution in [3.8, 4) is 17.2 Å². The van der Waals surface area contributed by atoms with Crippen LogP contribution in [0.3, 0.4) is 0 Å². The Bertz CT molecular complexity index is 921. The first-order valence-electron chi connectivity index (χ1n) is 9.63. The van der Waals surface area contributed by atoms with Crippen molar-refractivity contribution in [2.24, 2.45) is 0 Å². The van der Waals surface area contributed by atoms with Gasteiger partial charge in [0.15, 0.2) is 22.7 Å². The first kappa shape index (κ1) is 19.3. The highest BCUT2D eigenvalue weighted by Gasteiger charge is 2.32. The summed E-state index contributed by atoms with van der Waals surface area (Å²) in [7, 11) is 0. The third-order valence-electron chi connectivity index (χ3n) is 4.74. The van der Waals surface area contributed by atoms with Gasteiger partial charge >= 0.3 is 0 Å². The van der Waals surface area contributed by atoms with E-state index < -0.39 is 6.10 Å². The van der Waals surface area contributed by atoms with Crippen molar-refractivity contribution in [2.75, 3.05) is 24.8 Å². The number of amides is 1. The van der Waals surface area contributed by atoms with E-state index in [1.165, 1.54) is 0 Å². The Morgan fingerprint density at radius 3 is 2.83 bits per heavy atom. The van der Waals surface area contributed by atoms with E-state index in [9.17, 15) is 4.79 Å². The molecule has 0 saturated carbocycles. The molecule has 0 saturated heterocycles. The lowest BCUT2D eigenvalue weighted by molar-refractivity contribution is -0.127.